The summed E-state index contributed by atoms with van der Waals surface area (Å²) in [5, 5.41) is 0. The van der Waals surface area contributed by atoms with Crippen molar-refractivity contribution < 1.29 is 4.74 Å². The molecule has 0 radical (unpaired) electrons. The lowest BCUT2D eigenvalue weighted by Crippen LogP contribution is -2.18. The van der Waals surface area contributed by atoms with E-state index < -0.39 is 0 Å². The molecule has 0 saturated heterocycles. The SMILES string of the molecule is Cc1cc(C)cc(COc2c(C)cccc2CC(C)N)c1. The van der Waals surface area contributed by atoms with Crippen molar-refractivity contribution in [3.8, 4) is 5.75 Å². The van der Waals surface area contributed by atoms with E-state index in [1.165, 1.54) is 22.3 Å². The van der Waals surface area contributed by atoms with E-state index in [1.807, 2.05) is 6.92 Å². The largest absolute Gasteiger partial charge is 0.488 e. The first kappa shape index (κ1) is 15.6. The van der Waals surface area contributed by atoms with Crippen LogP contribution in [0.15, 0.2) is 36.4 Å². The molecule has 2 N–H and O–H groups in total. The summed E-state index contributed by atoms with van der Waals surface area (Å²) in [6.07, 6.45) is 0.837. The van der Waals surface area contributed by atoms with Crippen molar-refractivity contribution in [3.63, 3.8) is 0 Å². The molecule has 1 atom stereocenters. The molecule has 0 aliphatic rings. The maximum Gasteiger partial charge on any atom is 0.125 e. The van der Waals surface area contributed by atoms with Crippen LogP contribution in [0.5, 0.6) is 5.75 Å². The number of benzene rings is 2. The summed E-state index contributed by atoms with van der Waals surface area (Å²) in [7, 11) is 0. The number of para-hydroxylation sites is 1. The summed E-state index contributed by atoms with van der Waals surface area (Å²) in [4.78, 5) is 0. The Balaban J connectivity index is 2.19. The van der Waals surface area contributed by atoms with Crippen LogP contribution in [-0.2, 0) is 13.0 Å². The number of aryl methyl sites for hydroxylation is 3. The standard InChI is InChI=1S/C19H25NO/c1-13-8-14(2)10-17(9-13)12-21-19-15(3)6-5-7-18(19)11-16(4)20/h5-10,16H,11-12,20H2,1-4H3. The van der Waals surface area contributed by atoms with Gasteiger partial charge in [0.15, 0.2) is 0 Å². The van der Waals surface area contributed by atoms with Crippen molar-refractivity contribution in [1.82, 2.24) is 0 Å². The zero-order chi connectivity index (χ0) is 15.4. The van der Waals surface area contributed by atoms with E-state index in [-0.39, 0.29) is 6.04 Å². The van der Waals surface area contributed by atoms with E-state index in [4.69, 9.17) is 10.5 Å². The summed E-state index contributed by atoms with van der Waals surface area (Å²) in [5.74, 6) is 0.981. The highest BCUT2D eigenvalue weighted by atomic mass is 16.5. The number of ether oxygens (including phenoxy) is 1. The smallest absolute Gasteiger partial charge is 0.125 e. The molecule has 0 fully saturated rings. The van der Waals surface area contributed by atoms with Gasteiger partial charge in [0.2, 0.25) is 0 Å². The molecule has 2 heteroatoms. The molecule has 0 aliphatic carbocycles. The van der Waals surface area contributed by atoms with Gasteiger partial charge in [-0.2, -0.15) is 0 Å². The Kier molecular flexibility index (Phi) is 5.03. The number of hydrogen-bond donors (Lipinski definition) is 1. The minimum absolute atomic E-state index is 0.135. The molecular weight excluding hydrogens is 258 g/mol. The van der Waals surface area contributed by atoms with Gasteiger partial charge in [-0.1, -0.05) is 47.5 Å². The van der Waals surface area contributed by atoms with Gasteiger partial charge in [0.1, 0.15) is 12.4 Å². The van der Waals surface area contributed by atoms with Crippen molar-refractivity contribution in [3.05, 3.63) is 64.2 Å². The lowest BCUT2D eigenvalue weighted by atomic mass is 10.0. The van der Waals surface area contributed by atoms with Crippen molar-refractivity contribution in [2.45, 2.75) is 46.8 Å². The third-order valence-corrected chi connectivity index (χ3v) is 3.50. The molecular formula is C19H25NO. The molecule has 0 bridgehead atoms. The van der Waals surface area contributed by atoms with E-state index in [0.29, 0.717) is 6.61 Å². The van der Waals surface area contributed by atoms with Crippen LogP contribution >= 0.6 is 0 Å². The van der Waals surface area contributed by atoms with Gasteiger partial charge < -0.3 is 10.5 Å². The maximum absolute atomic E-state index is 6.11. The van der Waals surface area contributed by atoms with Crippen molar-refractivity contribution >= 4 is 0 Å². The van der Waals surface area contributed by atoms with Crippen LogP contribution in [0.25, 0.3) is 0 Å². The Morgan fingerprint density at radius 3 is 2.33 bits per heavy atom. The molecule has 0 aliphatic heterocycles. The second-order valence-electron chi connectivity index (χ2n) is 6.03. The molecule has 2 aromatic rings. The van der Waals surface area contributed by atoms with E-state index in [2.05, 4.69) is 57.2 Å². The highest BCUT2D eigenvalue weighted by Crippen LogP contribution is 2.25. The van der Waals surface area contributed by atoms with E-state index in [1.54, 1.807) is 0 Å². The van der Waals surface area contributed by atoms with Crippen LogP contribution in [0.4, 0.5) is 0 Å². The summed E-state index contributed by atoms with van der Waals surface area (Å²) in [6.45, 7) is 8.94. The first-order chi connectivity index (χ1) is 9.95. The quantitative estimate of drug-likeness (QED) is 0.897. The fourth-order valence-electron chi connectivity index (χ4n) is 2.74. The maximum atomic E-state index is 6.11. The lowest BCUT2D eigenvalue weighted by molar-refractivity contribution is 0.300. The minimum atomic E-state index is 0.135. The van der Waals surface area contributed by atoms with Crippen LogP contribution in [0.3, 0.4) is 0 Å². The zero-order valence-electron chi connectivity index (χ0n) is 13.4. The molecule has 112 valence electrons. The Bertz CT molecular complexity index is 597. The Hall–Kier alpha value is -1.80. The topological polar surface area (TPSA) is 35.2 Å². The molecule has 0 heterocycles. The summed E-state index contributed by atoms with van der Waals surface area (Å²) in [5.41, 5.74) is 12.0. The van der Waals surface area contributed by atoms with Gasteiger partial charge in [-0.25, -0.2) is 0 Å². The Morgan fingerprint density at radius 2 is 1.71 bits per heavy atom. The fourth-order valence-corrected chi connectivity index (χ4v) is 2.74. The molecule has 0 aromatic heterocycles. The van der Waals surface area contributed by atoms with Gasteiger partial charge in [-0.05, 0) is 50.8 Å². The van der Waals surface area contributed by atoms with Gasteiger partial charge in [0.05, 0.1) is 0 Å². The third kappa shape index (κ3) is 4.33. The van der Waals surface area contributed by atoms with Crippen LogP contribution in [0.2, 0.25) is 0 Å². The minimum Gasteiger partial charge on any atom is -0.488 e. The molecule has 1 unspecified atom stereocenters. The van der Waals surface area contributed by atoms with Crippen LogP contribution < -0.4 is 10.5 Å². The zero-order valence-corrected chi connectivity index (χ0v) is 13.4. The van der Waals surface area contributed by atoms with Gasteiger partial charge in [0.25, 0.3) is 0 Å². The molecule has 0 spiro atoms. The number of hydrogen-bond acceptors (Lipinski definition) is 2. The van der Waals surface area contributed by atoms with E-state index >= 15 is 0 Å². The second kappa shape index (κ2) is 6.77. The van der Waals surface area contributed by atoms with Crippen LogP contribution in [0.1, 0.15) is 34.7 Å². The normalized spacial score (nSPS) is 12.2. The van der Waals surface area contributed by atoms with Gasteiger partial charge in [-0.15, -0.1) is 0 Å². The first-order valence-corrected chi connectivity index (χ1v) is 7.49. The van der Waals surface area contributed by atoms with Crippen LogP contribution in [-0.4, -0.2) is 6.04 Å². The number of rotatable bonds is 5. The fraction of sp³-hybridized carbons (Fsp3) is 0.368. The summed E-state index contributed by atoms with van der Waals surface area (Å²) in [6, 6.07) is 12.9. The third-order valence-electron chi connectivity index (χ3n) is 3.50. The van der Waals surface area contributed by atoms with Gasteiger partial charge in [-0.3, -0.25) is 0 Å². The predicted molar refractivity (Wildman–Crippen MR) is 88.8 cm³/mol. The highest BCUT2D eigenvalue weighted by Gasteiger charge is 2.09. The van der Waals surface area contributed by atoms with Crippen LogP contribution in [0, 0.1) is 20.8 Å². The summed E-state index contributed by atoms with van der Waals surface area (Å²) < 4.78 is 6.11. The first-order valence-electron chi connectivity index (χ1n) is 7.49. The van der Waals surface area contributed by atoms with Crippen molar-refractivity contribution in [1.29, 1.82) is 0 Å². The van der Waals surface area contributed by atoms with Crippen molar-refractivity contribution in [2.75, 3.05) is 0 Å². The predicted octanol–water partition coefficient (Wildman–Crippen LogP) is 4.08. The molecule has 21 heavy (non-hydrogen) atoms. The average Bonchev–Trinajstić information content (AvgIpc) is 2.36. The monoisotopic (exact) mass is 283 g/mol. The van der Waals surface area contributed by atoms with E-state index in [0.717, 1.165) is 17.7 Å². The average molecular weight is 283 g/mol. The Labute approximate surface area is 127 Å². The molecule has 0 amide bonds. The van der Waals surface area contributed by atoms with Gasteiger partial charge >= 0.3 is 0 Å². The molecule has 2 aromatic carbocycles. The Morgan fingerprint density at radius 1 is 1.05 bits per heavy atom. The van der Waals surface area contributed by atoms with Crippen molar-refractivity contribution in [2.24, 2.45) is 5.73 Å². The highest BCUT2D eigenvalue weighted by molar-refractivity contribution is 5.41. The molecule has 0 saturated carbocycles. The summed E-state index contributed by atoms with van der Waals surface area (Å²) >= 11 is 0. The molecule has 2 nitrogen and oxygen atoms in total. The number of nitrogens with two attached hydrogens (primary N) is 1. The lowest BCUT2D eigenvalue weighted by Gasteiger charge is -2.16. The second-order valence-corrected chi connectivity index (χ2v) is 6.03. The van der Waals surface area contributed by atoms with E-state index in [9.17, 15) is 0 Å². The van der Waals surface area contributed by atoms with Gasteiger partial charge in [0, 0.05) is 6.04 Å². The molecule has 2 rings (SSSR count).